The molecule has 164 valence electrons. The summed E-state index contributed by atoms with van der Waals surface area (Å²) in [6, 6.07) is 9.85. The standard InChI is InChI=1S/C22H21ClN6OS2/c23-16-7-1-2-8-17(16)29-21(28-10-3-4-11-28)26-27-22(29)31-13-19(30)25-20-15(12-24)14-6-5-9-18(14)32-20/h1-2,7-8H,3-6,9-11,13H2,(H,25,30). The molecule has 3 aromatic rings. The number of nitrogens with one attached hydrogen (secondary N) is 1. The summed E-state index contributed by atoms with van der Waals surface area (Å²) in [5, 5.41) is 23.2. The molecule has 2 aromatic heterocycles. The highest BCUT2D eigenvalue weighted by Gasteiger charge is 2.25. The van der Waals surface area contributed by atoms with E-state index in [0.29, 0.717) is 20.7 Å². The molecular formula is C22H21ClN6OS2. The van der Waals surface area contributed by atoms with E-state index < -0.39 is 0 Å². The lowest BCUT2D eigenvalue weighted by Gasteiger charge is -2.19. The van der Waals surface area contributed by atoms with Crippen LogP contribution < -0.4 is 10.2 Å². The van der Waals surface area contributed by atoms with Crippen LogP contribution in [0.5, 0.6) is 0 Å². The third kappa shape index (κ3) is 3.98. The van der Waals surface area contributed by atoms with Gasteiger partial charge in [0.1, 0.15) is 11.1 Å². The summed E-state index contributed by atoms with van der Waals surface area (Å²) in [6.45, 7) is 1.85. The van der Waals surface area contributed by atoms with Crippen molar-refractivity contribution in [2.75, 3.05) is 29.1 Å². The molecule has 1 aliphatic carbocycles. The molecule has 10 heteroatoms. The fraction of sp³-hybridized carbons (Fsp3) is 0.364. The lowest BCUT2D eigenvalue weighted by atomic mass is 10.1. The Morgan fingerprint density at radius 2 is 2.03 bits per heavy atom. The van der Waals surface area contributed by atoms with Crippen LogP contribution in [0.4, 0.5) is 10.9 Å². The minimum Gasteiger partial charge on any atom is -0.341 e. The molecule has 1 aliphatic heterocycles. The zero-order chi connectivity index (χ0) is 22.1. The number of aryl methyl sites for hydroxylation is 1. The van der Waals surface area contributed by atoms with Gasteiger partial charge in [-0.2, -0.15) is 5.26 Å². The van der Waals surface area contributed by atoms with Gasteiger partial charge in [-0.25, -0.2) is 0 Å². The number of thioether (sulfide) groups is 1. The Bertz CT molecular complexity index is 1210. The minimum atomic E-state index is -0.164. The number of carbonyl (C=O) groups excluding carboxylic acids is 1. The van der Waals surface area contributed by atoms with Gasteiger partial charge >= 0.3 is 0 Å². The van der Waals surface area contributed by atoms with E-state index in [0.717, 1.165) is 62.4 Å². The second-order valence-electron chi connectivity index (χ2n) is 7.77. The number of halogens is 1. The van der Waals surface area contributed by atoms with Gasteiger partial charge in [0.2, 0.25) is 11.9 Å². The summed E-state index contributed by atoms with van der Waals surface area (Å²) >= 11 is 9.33. The average molecular weight is 485 g/mol. The van der Waals surface area contributed by atoms with Gasteiger partial charge in [0.15, 0.2) is 5.16 Å². The smallest absolute Gasteiger partial charge is 0.235 e. The van der Waals surface area contributed by atoms with Gasteiger partial charge in [0, 0.05) is 18.0 Å². The molecule has 1 N–H and O–H groups in total. The fourth-order valence-electron chi connectivity index (χ4n) is 4.22. The lowest BCUT2D eigenvalue weighted by Crippen LogP contribution is -2.22. The van der Waals surface area contributed by atoms with Gasteiger partial charge in [-0.05, 0) is 49.8 Å². The van der Waals surface area contributed by atoms with E-state index in [4.69, 9.17) is 11.6 Å². The van der Waals surface area contributed by atoms with Crippen LogP contribution in [-0.4, -0.2) is 39.5 Å². The number of hydrogen-bond acceptors (Lipinski definition) is 7. The summed E-state index contributed by atoms with van der Waals surface area (Å²) in [6.07, 6.45) is 5.22. The van der Waals surface area contributed by atoms with Gasteiger partial charge in [0.05, 0.1) is 22.0 Å². The predicted molar refractivity (Wildman–Crippen MR) is 128 cm³/mol. The lowest BCUT2D eigenvalue weighted by molar-refractivity contribution is -0.113. The number of nitrogens with zero attached hydrogens (tertiary/aromatic N) is 5. The summed E-state index contributed by atoms with van der Waals surface area (Å²) in [5.41, 5.74) is 2.52. The maximum atomic E-state index is 12.7. The van der Waals surface area contributed by atoms with Crippen LogP contribution >= 0.6 is 34.7 Å². The van der Waals surface area contributed by atoms with Crippen molar-refractivity contribution in [2.24, 2.45) is 0 Å². The number of para-hydroxylation sites is 1. The first-order valence-corrected chi connectivity index (χ1v) is 12.8. The molecule has 5 rings (SSSR count). The molecule has 0 atom stereocenters. The van der Waals surface area contributed by atoms with Crippen LogP contribution in [0.25, 0.3) is 5.69 Å². The van der Waals surface area contributed by atoms with Crippen LogP contribution in [0.15, 0.2) is 29.4 Å². The molecular weight excluding hydrogens is 464 g/mol. The van der Waals surface area contributed by atoms with Crippen LogP contribution in [0.3, 0.4) is 0 Å². The van der Waals surface area contributed by atoms with Crippen molar-refractivity contribution >= 4 is 51.6 Å². The van der Waals surface area contributed by atoms with Crippen molar-refractivity contribution in [1.82, 2.24) is 14.8 Å². The molecule has 1 saturated heterocycles. The number of hydrogen-bond donors (Lipinski definition) is 1. The Kier molecular flexibility index (Phi) is 6.09. The first kappa shape index (κ1) is 21.3. The highest BCUT2D eigenvalue weighted by molar-refractivity contribution is 7.99. The molecule has 3 heterocycles. The van der Waals surface area contributed by atoms with Crippen LogP contribution in [0.1, 0.15) is 35.3 Å². The second-order valence-corrected chi connectivity index (χ2v) is 10.2. The number of benzene rings is 1. The Balaban J connectivity index is 1.36. The number of carbonyl (C=O) groups is 1. The highest BCUT2D eigenvalue weighted by Crippen LogP contribution is 2.39. The first-order valence-electron chi connectivity index (χ1n) is 10.6. The van der Waals surface area contributed by atoms with Crippen molar-refractivity contribution in [3.8, 4) is 11.8 Å². The monoisotopic (exact) mass is 484 g/mol. The summed E-state index contributed by atoms with van der Waals surface area (Å²) in [7, 11) is 0. The van der Waals surface area contributed by atoms with Gasteiger partial charge < -0.3 is 10.2 Å². The molecule has 0 bridgehead atoms. The van der Waals surface area contributed by atoms with Crippen molar-refractivity contribution in [2.45, 2.75) is 37.3 Å². The van der Waals surface area contributed by atoms with E-state index in [2.05, 4.69) is 26.5 Å². The van der Waals surface area contributed by atoms with E-state index in [-0.39, 0.29) is 11.7 Å². The molecule has 0 spiro atoms. The van der Waals surface area contributed by atoms with E-state index >= 15 is 0 Å². The Hall–Kier alpha value is -2.54. The van der Waals surface area contributed by atoms with E-state index in [1.165, 1.54) is 28.0 Å². The van der Waals surface area contributed by atoms with E-state index in [9.17, 15) is 10.1 Å². The Morgan fingerprint density at radius 3 is 2.81 bits per heavy atom. The second kappa shape index (κ2) is 9.14. The Labute approximate surface area is 199 Å². The molecule has 1 amide bonds. The largest absolute Gasteiger partial charge is 0.341 e. The highest BCUT2D eigenvalue weighted by atomic mass is 35.5. The topological polar surface area (TPSA) is 86.8 Å². The van der Waals surface area contributed by atoms with Crippen molar-refractivity contribution in [3.05, 3.63) is 45.3 Å². The summed E-state index contributed by atoms with van der Waals surface area (Å²) in [4.78, 5) is 16.2. The number of thiophene rings is 1. The minimum absolute atomic E-state index is 0.163. The van der Waals surface area contributed by atoms with Crippen molar-refractivity contribution < 1.29 is 4.79 Å². The summed E-state index contributed by atoms with van der Waals surface area (Å²) < 4.78 is 1.94. The van der Waals surface area contributed by atoms with E-state index in [1.54, 1.807) is 0 Å². The van der Waals surface area contributed by atoms with Gasteiger partial charge in [0.25, 0.3) is 0 Å². The Morgan fingerprint density at radius 1 is 1.22 bits per heavy atom. The zero-order valence-electron chi connectivity index (χ0n) is 17.3. The molecule has 32 heavy (non-hydrogen) atoms. The van der Waals surface area contributed by atoms with Crippen LogP contribution in [0, 0.1) is 11.3 Å². The molecule has 2 aliphatic rings. The number of anilines is 2. The van der Waals surface area contributed by atoms with E-state index in [1.807, 2.05) is 28.8 Å². The van der Waals surface area contributed by atoms with Gasteiger partial charge in [-0.3, -0.25) is 9.36 Å². The molecule has 1 aromatic carbocycles. The predicted octanol–water partition coefficient (Wildman–Crippen LogP) is 4.67. The molecule has 0 unspecified atom stereocenters. The SMILES string of the molecule is N#Cc1c(NC(=O)CSc2nnc(N3CCCC3)n2-c2ccccc2Cl)sc2c1CCC2. The van der Waals surface area contributed by atoms with Gasteiger partial charge in [-0.1, -0.05) is 35.5 Å². The average Bonchev–Trinajstić information content (AvgIpc) is 3.56. The molecule has 1 fully saturated rings. The van der Waals surface area contributed by atoms with Crippen LogP contribution in [-0.2, 0) is 17.6 Å². The number of nitriles is 1. The first-order chi connectivity index (χ1) is 15.7. The normalized spacial score (nSPS) is 15.1. The summed E-state index contributed by atoms with van der Waals surface area (Å²) in [5.74, 6) is 0.749. The van der Waals surface area contributed by atoms with Crippen LogP contribution in [0.2, 0.25) is 5.02 Å². The quantitative estimate of drug-likeness (QED) is 0.511. The zero-order valence-corrected chi connectivity index (χ0v) is 19.7. The maximum Gasteiger partial charge on any atom is 0.235 e. The molecule has 7 nitrogen and oxygen atoms in total. The van der Waals surface area contributed by atoms with Gasteiger partial charge in [-0.15, -0.1) is 21.5 Å². The third-order valence-corrected chi connectivity index (χ3v) is 8.17. The molecule has 0 saturated carbocycles. The number of amides is 1. The fourth-order valence-corrected chi connectivity index (χ4v) is 6.44. The molecule has 0 radical (unpaired) electrons. The number of fused-ring (bicyclic) bond motifs is 1. The van der Waals surface area contributed by atoms with Crippen molar-refractivity contribution in [3.63, 3.8) is 0 Å². The third-order valence-electron chi connectivity index (χ3n) is 5.72. The van der Waals surface area contributed by atoms with Crippen molar-refractivity contribution in [1.29, 1.82) is 5.26 Å². The number of aromatic nitrogens is 3. The maximum absolute atomic E-state index is 12.7. The number of rotatable bonds is 6.